The van der Waals surface area contributed by atoms with Crippen LogP contribution in [0.4, 0.5) is 5.82 Å². The third-order valence-electron chi connectivity index (χ3n) is 5.41. The minimum atomic E-state index is -0.915. The average Bonchev–Trinajstić information content (AvgIpc) is 3.48. The van der Waals surface area contributed by atoms with Gasteiger partial charge in [-0.25, -0.2) is 15.0 Å². The number of nitrogen functional groups attached to an aromatic ring is 1. The molecule has 5 rings (SSSR count). The van der Waals surface area contributed by atoms with Crippen LogP contribution in [0.15, 0.2) is 53.6 Å². The molecule has 154 valence electrons. The summed E-state index contributed by atoms with van der Waals surface area (Å²) in [7, 11) is 0. The van der Waals surface area contributed by atoms with Gasteiger partial charge >= 0.3 is 0 Å². The van der Waals surface area contributed by atoms with Gasteiger partial charge in [0.1, 0.15) is 35.6 Å². The zero-order valence-electron chi connectivity index (χ0n) is 15.9. The van der Waals surface area contributed by atoms with Crippen LogP contribution in [0.1, 0.15) is 12.0 Å². The van der Waals surface area contributed by atoms with E-state index in [1.807, 2.05) is 36.4 Å². The summed E-state index contributed by atoms with van der Waals surface area (Å²) in [5, 5.41) is 24.6. The van der Waals surface area contributed by atoms with Crippen LogP contribution in [0.3, 0.4) is 0 Å². The summed E-state index contributed by atoms with van der Waals surface area (Å²) in [6.45, 7) is -0.316. The quantitative estimate of drug-likeness (QED) is 0.443. The second-order valence-electron chi connectivity index (χ2n) is 7.23. The van der Waals surface area contributed by atoms with Crippen molar-refractivity contribution >= 4 is 17.0 Å². The molecule has 1 aliphatic heterocycles. The van der Waals surface area contributed by atoms with Crippen molar-refractivity contribution in [3.05, 3.63) is 54.8 Å². The van der Waals surface area contributed by atoms with Gasteiger partial charge in [0.25, 0.3) is 0 Å². The van der Waals surface area contributed by atoms with Crippen molar-refractivity contribution in [3.8, 4) is 11.3 Å². The fourth-order valence-electron chi connectivity index (χ4n) is 3.89. The van der Waals surface area contributed by atoms with Crippen LogP contribution in [0.5, 0.6) is 0 Å². The molecule has 1 aliphatic rings. The van der Waals surface area contributed by atoms with Crippen LogP contribution in [0, 0.1) is 5.92 Å². The molecule has 4 N–H and O–H groups in total. The molecule has 0 bridgehead atoms. The molecule has 4 heterocycles. The Labute approximate surface area is 170 Å². The second-order valence-corrected chi connectivity index (χ2v) is 7.23. The van der Waals surface area contributed by atoms with E-state index in [2.05, 4.69) is 20.1 Å². The maximum atomic E-state index is 10.8. The minimum absolute atomic E-state index is 0.260. The van der Waals surface area contributed by atoms with E-state index in [0.29, 0.717) is 29.0 Å². The number of aliphatic hydroxyl groups excluding tert-OH is 2. The van der Waals surface area contributed by atoms with Crippen LogP contribution in [-0.2, 0) is 11.2 Å². The summed E-state index contributed by atoms with van der Waals surface area (Å²) < 4.78 is 13.2. The molecule has 0 amide bonds. The molecule has 10 heteroatoms. The molecule has 3 aromatic heterocycles. The van der Waals surface area contributed by atoms with Gasteiger partial charge in [-0.15, -0.1) is 0 Å². The number of aromatic nitrogens is 5. The van der Waals surface area contributed by atoms with Crippen molar-refractivity contribution in [2.24, 2.45) is 5.92 Å². The largest absolute Gasteiger partial charge is 0.394 e. The Balaban J connectivity index is 1.47. The zero-order chi connectivity index (χ0) is 20.7. The predicted molar refractivity (Wildman–Crippen MR) is 106 cm³/mol. The van der Waals surface area contributed by atoms with Gasteiger partial charge in [-0.1, -0.05) is 35.5 Å². The molecule has 1 saturated heterocycles. The third kappa shape index (κ3) is 3.11. The number of hydrogen-bond donors (Lipinski definition) is 3. The Morgan fingerprint density at radius 1 is 1.13 bits per heavy atom. The van der Waals surface area contributed by atoms with E-state index in [4.69, 9.17) is 15.0 Å². The molecule has 0 saturated carbocycles. The van der Waals surface area contributed by atoms with Crippen molar-refractivity contribution < 1.29 is 19.5 Å². The molecule has 10 nitrogen and oxygen atoms in total. The van der Waals surface area contributed by atoms with Gasteiger partial charge in [-0.3, -0.25) is 4.57 Å². The first-order valence-corrected chi connectivity index (χ1v) is 9.54. The van der Waals surface area contributed by atoms with E-state index in [0.717, 1.165) is 5.56 Å². The van der Waals surface area contributed by atoms with E-state index < -0.39 is 24.4 Å². The fraction of sp³-hybridized carbons (Fsp3) is 0.300. The third-order valence-corrected chi connectivity index (χ3v) is 5.41. The molecule has 1 fully saturated rings. The monoisotopic (exact) mass is 408 g/mol. The molecule has 30 heavy (non-hydrogen) atoms. The highest BCUT2D eigenvalue weighted by Gasteiger charge is 2.45. The van der Waals surface area contributed by atoms with E-state index in [-0.39, 0.29) is 12.4 Å². The number of rotatable bonds is 5. The van der Waals surface area contributed by atoms with Gasteiger partial charge in [0.15, 0.2) is 11.5 Å². The summed E-state index contributed by atoms with van der Waals surface area (Å²) in [5.41, 5.74) is 8.48. The molecular weight excluding hydrogens is 388 g/mol. The lowest BCUT2D eigenvalue weighted by atomic mass is 9.94. The number of imidazole rings is 1. The Morgan fingerprint density at radius 3 is 2.77 bits per heavy atom. The molecule has 1 aromatic carbocycles. The predicted octanol–water partition coefficient (Wildman–Crippen LogP) is 1.17. The molecule has 0 spiro atoms. The summed E-state index contributed by atoms with van der Waals surface area (Å²) in [4.78, 5) is 12.5. The number of ether oxygens (including phenoxy) is 1. The second kappa shape index (κ2) is 7.48. The van der Waals surface area contributed by atoms with Gasteiger partial charge in [-0.05, 0) is 0 Å². The summed E-state index contributed by atoms with van der Waals surface area (Å²) in [5.74, 6) is 0.436. The lowest BCUT2D eigenvalue weighted by Crippen LogP contribution is -2.30. The highest BCUT2D eigenvalue weighted by molar-refractivity contribution is 5.81. The Hall–Kier alpha value is -3.34. The van der Waals surface area contributed by atoms with Crippen LogP contribution < -0.4 is 5.73 Å². The maximum Gasteiger partial charge on any atom is 0.167 e. The molecule has 0 radical (unpaired) electrons. The molecule has 4 atom stereocenters. The normalized spacial score (nSPS) is 23.9. The minimum Gasteiger partial charge on any atom is -0.394 e. The summed E-state index contributed by atoms with van der Waals surface area (Å²) in [6.07, 6.45) is 0.970. The molecule has 0 unspecified atom stereocenters. The number of nitrogens with two attached hydrogens (primary N) is 1. The molecule has 0 aliphatic carbocycles. The first-order valence-electron chi connectivity index (χ1n) is 9.54. The lowest BCUT2D eigenvalue weighted by Gasteiger charge is -2.20. The maximum absolute atomic E-state index is 10.8. The van der Waals surface area contributed by atoms with Crippen molar-refractivity contribution in [1.82, 2.24) is 24.7 Å². The highest BCUT2D eigenvalue weighted by atomic mass is 16.5. The number of nitrogens with zero attached hydrogens (tertiary/aromatic N) is 5. The van der Waals surface area contributed by atoms with Crippen molar-refractivity contribution in [3.63, 3.8) is 0 Å². The average molecular weight is 408 g/mol. The Bertz CT molecular complexity index is 1160. The fourth-order valence-corrected chi connectivity index (χ4v) is 3.89. The topological polar surface area (TPSA) is 145 Å². The van der Waals surface area contributed by atoms with Crippen LogP contribution in [0.2, 0.25) is 0 Å². The van der Waals surface area contributed by atoms with E-state index >= 15 is 0 Å². The van der Waals surface area contributed by atoms with Gasteiger partial charge in [0.2, 0.25) is 0 Å². The smallest absolute Gasteiger partial charge is 0.167 e. The van der Waals surface area contributed by atoms with Crippen LogP contribution in [0.25, 0.3) is 22.4 Å². The van der Waals surface area contributed by atoms with Crippen molar-refractivity contribution in [2.75, 3.05) is 12.3 Å². The highest BCUT2D eigenvalue weighted by Crippen LogP contribution is 2.39. The number of anilines is 1. The number of benzene rings is 1. The summed E-state index contributed by atoms with van der Waals surface area (Å²) >= 11 is 0. The molecular formula is C20H20N6O4. The standard InChI is InChI=1S/C20H20N6O4/c21-18-16-19(23-9-22-18)26(10-24-16)20-13(17(28)15(8-27)29-20)6-12-7-14(25-30-12)11-4-2-1-3-5-11/h1-5,7,9-10,13,15,17,20,27-28H,6,8H2,(H2,21,22,23)/t13-,15-,17+,20-/m1/s1. The van der Waals surface area contributed by atoms with Crippen molar-refractivity contribution in [2.45, 2.75) is 24.9 Å². The first-order chi connectivity index (χ1) is 14.7. The van der Waals surface area contributed by atoms with E-state index in [1.165, 1.54) is 6.33 Å². The zero-order valence-corrected chi connectivity index (χ0v) is 15.9. The van der Waals surface area contributed by atoms with Crippen molar-refractivity contribution in [1.29, 1.82) is 0 Å². The SMILES string of the molecule is Nc1ncnc2c1ncn2[C@@H]1O[C@H](CO)[C@@H](O)[C@H]1Cc1cc(-c2ccccc2)no1. The van der Waals surface area contributed by atoms with Gasteiger partial charge in [0.05, 0.1) is 19.0 Å². The lowest BCUT2D eigenvalue weighted by molar-refractivity contribution is -0.0451. The Kier molecular flexibility index (Phi) is 4.66. The molecule has 4 aromatic rings. The van der Waals surface area contributed by atoms with Gasteiger partial charge in [0, 0.05) is 24.0 Å². The summed E-state index contributed by atoms with van der Waals surface area (Å²) in [6, 6.07) is 11.5. The number of fused-ring (bicyclic) bond motifs is 1. The van der Waals surface area contributed by atoms with Crippen LogP contribution in [-0.4, -0.2) is 53.7 Å². The van der Waals surface area contributed by atoms with E-state index in [9.17, 15) is 10.2 Å². The van der Waals surface area contributed by atoms with Crippen LogP contribution >= 0.6 is 0 Å². The number of hydrogen-bond acceptors (Lipinski definition) is 9. The number of aliphatic hydroxyl groups is 2. The van der Waals surface area contributed by atoms with Gasteiger partial charge in [-0.2, -0.15) is 0 Å². The first kappa shape index (κ1) is 18.7. The van der Waals surface area contributed by atoms with Gasteiger partial charge < -0.3 is 25.2 Å². The van der Waals surface area contributed by atoms with E-state index in [1.54, 1.807) is 10.9 Å². The Morgan fingerprint density at radius 2 is 1.97 bits per heavy atom.